The minimum absolute atomic E-state index is 0.475. The molecule has 4 rings (SSSR count). The summed E-state index contributed by atoms with van der Waals surface area (Å²) in [5.41, 5.74) is 7.81. The molecule has 0 amide bonds. The molecule has 21 heavy (non-hydrogen) atoms. The van der Waals surface area contributed by atoms with Crippen molar-refractivity contribution in [2.75, 3.05) is 11.1 Å². The fraction of sp³-hybridized carbons (Fsp3) is 0.188. The van der Waals surface area contributed by atoms with Crippen LogP contribution < -0.4 is 11.1 Å². The molecule has 5 heteroatoms. The zero-order chi connectivity index (χ0) is 14.2. The van der Waals surface area contributed by atoms with E-state index in [1.165, 1.54) is 0 Å². The van der Waals surface area contributed by atoms with Crippen LogP contribution in [0.2, 0.25) is 0 Å². The van der Waals surface area contributed by atoms with Gasteiger partial charge in [-0.05, 0) is 37.1 Å². The molecule has 0 aliphatic heterocycles. The molecule has 1 aliphatic rings. The van der Waals surface area contributed by atoms with Gasteiger partial charge in [-0.2, -0.15) is 0 Å². The second-order valence-corrected chi connectivity index (χ2v) is 5.31. The Balaban J connectivity index is 1.74. The first-order valence-corrected chi connectivity index (χ1v) is 7.05. The normalized spacial score (nSPS) is 14.3. The summed E-state index contributed by atoms with van der Waals surface area (Å²) in [5.74, 6) is 2.56. The van der Waals surface area contributed by atoms with E-state index < -0.39 is 0 Å². The van der Waals surface area contributed by atoms with E-state index in [1.54, 1.807) is 12.3 Å². The van der Waals surface area contributed by atoms with Crippen LogP contribution in [0.15, 0.2) is 42.6 Å². The van der Waals surface area contributed by atoms with Crippen LogP contribution in [0.1, 0.15) is 24.6 Å². The average Bonchev–Trinajstić information content (AvgIpc) is 3.32. The molecule has 0 radical (unpaired) electrons. The molecule has 0 unspecified atom stereocenters. The minimum Gasteiger partial charge on any atom is -0.384 e. The number of nitrogens with two attached hydrogens (primary N) is 1. The number of rotatable bonds is 3. The molecule has 3 aromatic rings. The van der Waals surface area contributed by atoms with Crippen LogP contribution in [0.25, 0.3) is 10.9 Å². The van der Waals surface area contributed by atoms with Crippen LogP contribution in [-0.4, -0.2) is 15.0 Å². The van der Waals surface area contributed by atoms with Crippen molar-refractivity contribution in [2.45, 2.75) is 18.8 Å². The predicted molar refractivity (Wildman–Crippen MR) is 83.4 cm³/mol. The van der Waals surface area contributed by atoms with E-state index in [2.05, 4.69) is 20.3 Å². The highest BCUT2D eigenvalue weighted by Crippen LogP contribution is 2.39. The Bertz CT molecular complexity index is 805. The summed E-state index contributed by atoms with van der Waals surface area (Å²) in [5, 5.41) is 4.40. The van der Waals surface area contributed by atoms with Crippen LogP contribution in [0.3, 0.4) is 0 Å². The average molecular weight is 277 g/mol. The molecule has 104 valence electrons. The van der Waals surface area contributed by atoms with Gasteiger partial charge < -0.3 is 11.1 Å². The van der Waals surface area contributed by atoms with Gasteiger partial charge in [-0.3, -0.25) is 4.98 Å². The van der Waals surface area contributed by atoms with Crippen molar-refractivity contribution in [3.05, 3.63) is 48.4 Å². The van der Waals surface area contributed by atoms with E-state index in [-0.39, 0.29) is 0 Å². The Morgan fingerprint density at radius 3 is 2.86 bits per heavy atom. The number of benzene rings is 1. The van der Waals surface area contributed by atoms with Crippen LogP contribution in [0.5, 0.6) is 0 Å². The van der Waals surface area contributed by atoms with Crippen LogP contribution in [0, 0.1) is 0 Å². The third kappa shape index (κ3) is 2.38. The SMILES string of the molecule is Nc1cc(Nc2cccc3ncccc23)nc(C2CC2)n1. The van der Waals surface area contributed by atoms with Crippen molar-refractivity contribution in [1.82, 2.24) is 15.0 Å². The quantitative estimate of drug-likeness (QED) is 0.768. The van der Waals surface area contributed by atoms with Crippen molar-refractivity contribution >= 4 is 28.2 Å². The Morgan fingerprint density at radius 2 is 2.00 bits per heavy atom. The number of nitrogen functional groups attached to an aromatic ring is 1. The zero-order valence-corrected chi connectivity index (χ0v) is 11.5. The Hall–Kier alpha value is -2.69. The van der Waals surface area contributed by atoms with Gasteiger partial charge in [0.05, 0.1) is 5.52 Å². The molecule has 2 aromatic heterocycles. The van der Waals surface area contributed by atoms with Crippen molar-refractivity contribution < 1.29 is 0 Å². The summed E-state index contributed by atoms with van der Waals surface area (Å²) in [6, 6.07) is 11.7. The Kier molecular flexibility index (Phi) is 2.70. The third-order valence-corrected chi connectivity index (χ3v) is 3.61. The lowest BCUT2D eigenvalue weighted by Crippen LogP contribution is -2.03. The first-order chi connectivity index (χ1) is 10.3. The zero-order valence-electron chi connectivity index (χ0n) is 11.5. The van der Waals surface area contributed by atoms with Crippen molar-refractivity contribution in [2.24, 2.45) is 0 Å². The lowest BCUT2D eigenvalue weighted by atomic mass is 10.2. The molecule has 1 saturated carbocycles. The molecule has 2 heterocycles. The number of hydrogen-bond acceptors (Lipinski definition) is 5. The number of aromatic nitrogens is 3. The van der Waals surface area contributed by atoms with E-state index in [0.717, 1.165) is 41.1 Å². The smallest absolute Gasteiger partial charge is 0.136 e. The number of pyridine rings is 1. The maximum atomic E-state index is 5.89. The van der Waals surface area contributed by atoms with Gasteiger partial charge in [0.25, 0.3) is 0 Å². The molecular formula is C16H15N5. The maximum Gasteiger partial charge on any atom is 0.136 e. The molecule has 0 atom stereocenters. The van der Waals surface area contributed by atoms with Gasteiger partial charge in [0.1, 0.15) is 17.5 Å². The van der Waals surface area contributed by atoms with Gasteiger partial charge in [0.2, 0.25) is 0 Å². The summed E-state index contributed by atoms with van der Waals surface area (Å²) in [6.45, 7) is 0. The number of nitrogens with zero attached hydrogens (tertiary/aromatic N) is 3. The maximum absolute atomic E-state index is 5.89. The first-order valence-electron chi connectivity index (χ1n) is 7.05. The number of hydrogen-bond donors (Lipinski definition) is 2. The molecule has 5 nitrogen and oxygen atoms in total. The van der Waals surface area contributed by atoms with Crippen LogP contribution >= 0.6 is 0 Å². The highest BCUT2D eigenvalue weighted by Gasteiger charge is 2.27. The number of nitrogens with one attached hydrogen (secondary N) is 1. The molecule has 0 bridgehead atoms. The first kappa shape index (κ1) is 12.1. The molecule has 1 aromatic carbocycles. The van der Waals surface area contributed by atoms with E-state index in [1.807, 2.05) is 30.3 Å². The summed E-state index contributed by atoms with van der Waals surface area (Å²) in [4.78, 5) is 13.2. The fourth-order valence-electron chi connectivity index (χ4n) is 2.42. The largest absolute Gasteiger partial charge is 0.384 e. The molecule has 1 fully saturated rings. The fourth-order valence-corrected chi connectivity index (χ4v) is 2.42. The topological polar surface area (TPSA) is 76.7 Å². The lowest BCUT2D eigenvalue weighted by Gasteiger charge is -2.10. The van der Waals surface area contributed by atoms with Gasteiger partial charge in [-0.25, -0.2) is 9.97 Å². The number of fused-ring (bicyclic) bond motifs is 1. The van der Waals surface area contributed by atoms with Crippen LogP contribution in [-0.2, 0) is 0 Å². The summed E-state index contributed by atoms with van der Waals surface area (Å²) in [6.07, 6.45) is 4.10. The van der Waals surface area contributed by atoms with E-state index in [0.29, 0.717) is 11.7 Å². The molecule has 0 saturated heterocycles. The summed E-state index contributed by atoms with van der Waals surface area (Å²) in [7, 11) is 0. The van der Waals surface area contributed by atoms with Gasteiger partial charge in [-0.15, -0.1) is 0 Å². The highest BCUT2D eigenvalue weighted by atomic mass is 15.1. The Labute approximate surface area is 122 Å². The Morgan fingerprint density at radius 1 is 1.10 bits per heavy atom. The second-order valence-electron chi connectivity index (χ2n) is 5.31. The van der Waals surface area contributed by atoms with Gasteiger partial charge >= 0.3 is 0 Å². The van der Waals surface area contributed by atoms with E-state index in [4.69, 9.17) is 5.73 Å². The molecular weight excluding hydrogens is 262 g/mol. The highest BCUT2D eigenvalue weighted by molar-refractivity contribution is 5.92. The van der Waals surface area contributed by atoms with Gasteiger partial charge in [0.15, 0.2) is 0 Å². The monoisotopic (exact) mass is 277 g/mol. The predicted octanol–water partition coefficient (Wildman–Crippen LogP) is 3.23. The van der Waals surface area contributed by atoms with E-state index >= 15 is 0 Å². The van der Waals surface area contributed by atoms with Crippen molar-refractivity contribution in [1.29, 1.82) is 0 Å². The van der Waals surface area contributed by atoms with Crippen LogP contribution in [0.4, 0.5) is 17.3 Å². The van der Waals surface area contributed by atoms with Crippen molar-refractivity contribution in [3.63, 3.8) is 0 Å². The molecule has 1 aliphatic carbocycles. The standard InChI is InChI=1S/C16H15N5/c17-14-9-15(21-16(20-14)10-6-7-10)19-13-5-1-4-12-11(13)3-2-8-18-12/h1-5,8-10H,6-7H2,(H3,17,19,20,21). The summed E-state index contributed by atoms with van der Waals surface area (Å²) >= 11 is 0. The molecule has 3 N–H and O–H groups in total. The minimum atomic E-state index is 0.475. The summed E-state index contributed by atoms with van der Waals surface area (Å²) < 4.78 is 0. The van der Waals surface area contributed by atoms with E-state index in [9.17, 15) is 0 Å². The van der Waals surface area contributed by atoms with Gasteiger partial charge in [-0.1, -0.05) is 6.07 Å². The van der Waals surface area contributed by atoms with Gasteiger partial charge in [0, 0.05) is 29.3 Å². The molecule has 0 spiro atoms. The van der Waals surface area contributed by atoms with Crippen molar-refractivity contribution in [3.8, 4) is 0 Å². The number of anilines is 3. The third-order valence-electron chi connectivity index (χ3n) is 3.61. The second kappa shape index (κ2) is 4.70. The lowest BCUT2D eigenvalue weighted by molar-refractivity contribution is 0.936.